The molecule has 2 N–H and O–H groups in total. The van der Waals surface area contributed by atoms with Gasteiger partial charge in [-0.1, -0.05) is 12.1 Å². The molecule has 0 spiro atoms. The van der Waals surface area contributed by atoms with Crippen LogP contribution in [0.5, 0.6) is 5.75 Å². The van der Waals surface area contributed by atoms with E-state index >= 15 is 0 Å². The van der Waals surface area contributed by atoms with Gasteiger partial charge in [0.15, 0.2) is 0 Å². The molecule has 1 unspecified atom stereocenters. The summed E-state index contributed by atoms with van der Waals surface area (Å²) in [6, 6.07) is 8.44. The zero-order chi connectivity index (χ0) is 12.1. The van der Waals surface area contributed by atoms with Gasteiger partial charge >= 0.3 is 0 Å². The van der Waals surface area contributed by atoms with E-state index in [1.807, 2.05) is 18.2 Å². The van der Waals surface area contributed by atoms with E-state index in [2.05, 4.69) is 16.3 Å². The predicted octanol–water partition coefficient (Wildman–Crippen LogP) is 0.856. The average Bonchev–Trinajstić information content (AvgIpc) is 2.39. The van der Waals surface area contributed by atoms with Crippen LogP contribution < -0.4 is 15.0 Å². The minimum atomic E-state index is 0.234. The summed E-state index contributed by atoms with van der Waals surface area (Å²) in [4.78, 5) is 2.32. The molecule has 0 amide bonds. The molecule has 1 heterocycles. The molecule has 1 aromatic rings. The van der Waals surface area contributed by atoms with Crippen molar-refractivity contribution in [1.29, 1.82) is 0 Å². The molecule has 0 aromatic heterocycles. The van der Waals surface area contributed by atoms with Crippen molar-refractivity contribution in [1.82, 2.24) is 5.32 Å². The zero-order valence-electron chi connectivity index (χ0n) is 10.2. The normalized spacial score (nSPS) is 20.4. The zero-order valence-corrected chi connectivity index (χ0v) is 10.2. The Labute approximate surface area is 102 Å². The first-order valence-electron chi connectivity index (χ1n) is 6.07. The van der Waals surface area contributed by atoms with Gasteiger partial charge in [-0.2, -0.15) is 0 Å². The molecule has 4 heteroatoms. The molecule has 2 rings (SSSR count). The first kappa shape index (κ1) is 12.2. The Morgan fingerprint density at radius 3 is 3.06 bits per heavy atom. The smallest absolute Gasteiger partial charge is 0.142 e. The fourth-order valence-electron chi connectivity index (χ4n) is 2.28. The van der Waals surface area contributed by atoms with E-state index in [9.17, 15) is 0 Å². The highest BCUT2D eigenvalue weighted by molar-refractivity contribution is 5.58. The summed E-state index contributed by atoms with van der Waals surface area (Å²) < 4.78 is 5.38. The van der Waals surface area contributed by atoms with E-state index in [1.165, 1.54) is 0 Å². The van der Waals surface area contributed by atoms with Crippen molar-refractivity contribution in [2.45, 2.75) is 12.5 Å². The summed E-state index contributed by atoms with van der Waals surface area (Å²) in [6.07, 6.45) is 0.797. The van der Waals surface area contributed by atoms with Gasteiger partial charge in [-0.15, -0.1) is 0 Å². The van der Waals surface area contributed by atoms with Gasteiger partial charge in [0.25, 0.3) is 0 Å². The maximum Gasteiger partial charge on any atom is 0.142 e. The monoisotopic (exact) mass is 236 g/mol. The molecule has 1 aromatic carbocycles. The number of ether oxygens (including phenoxy) is 1. The number of hydrogen-bond donors (Lipinski definition) is 2. The largest absolute Gasteiger partial charge is 0.495 e. The highest BCUT2D eigenvalue weighted by atomic mass is 16.5. The van der Waals surface area contributed by atoms with Gasteiger partial charge in [0.05, 0.1) is 12.8 Å². The number of aliphatic hydroxyl groups excluding tert-OH is 1. The van der Waals surface area contributed by atoms with Gasteiger partial charge < -0.3 is 20.1 Å². The van der Waals surface area contributed by atoms with Crippen LogP contribution in [0.15, 0.2) is 24.3 Å². The van der Waals surface area contributed by atoms with Crippen LogP contribution in [0.25, 0.3) is 0 Å². The van der Waals surface area contributed by atoms with E-state index in [4.69, 9.17) is 9.84 Å². The van der Waals surface area contributed by atoms with Crippen LogP contribution in [0.1, 0.15) is 6.42 Å². The van der Waals surface area contributed by atoms with Crippen molar-refractivity contribution in [3.05, 3.63) is 24.3 Å². The van der Waals surface area contributed by atoms with Gasteiger partial charge in [-0.05, 0) is 18.6 Å². The molecule has 4 nitrogen and oxygen atoms in total. The minimum absolute atomic E-state index is 0.234. The average molecular weight is 236 g/mol. The summed E-state index contributed by atoms with van der Waals surface area (Å²) in [5.41, 5.74) is 1.14. The molecule has 17 heavy (non-hydrogen) atoms. The summed E-state index contributed by atoms with van der Waals surface area (Å²) in [5.74, 6) is 0.914. The van der Waals surface area contributed by atoms with Crippen molar-refractivity contribution in [2.75, 3.05) is 38.3 Å². The Bertz CT molecular complexity index is 355. The lowest BCUT2D eigenvalue weighted by Crippen LogP contribution is -2.51. The van der Waals surface area contributed by atoms with Crippen LogP contribution in [0.3, 0.4) is 0 Å². The Hall–Kier alpha value is -1.26. The van der Waals surface area contributed by atoms with Crippen molar-refractivity contribution >= 4 is 5.69 Å². The van der Waals surface area contributed by atoms with Crippen LogP contribution in [0.2, 0.25) is 0 Å². The number of nitrogens with one attached hydrogen (secondary N) is 1. The van der Waals surface area contributed by atoms with Crippen molar-refractivity contribution in [2.24, 2.45) is 0 Å². The quantitative estimate of drug-likeness (QED) is 0.813. The van der Waals surface area contributed by atoms with Crippen LogP contribution in [0.4, 0.5) is 5.69 Å². The molecular formula is C13H20N2O2. The summed E-state index contributed by atoms with van der Waals surface area (Å²) in [5, 5.41) is 12.4. The number of benzene rings is 1. The first-order chi connectivity index (χ1) is 8.35. The molecule has 1 atom stereocenters. The molecule has 0 saturated carbocycles. The molecule has 1 aliphatic heterocycles. The van der Waals surface area contributed by atoms with E-state index < -0.39 is 0 Å². The van der Waals surface area contributed by atoms with Crippen LogP contribution >= 0.6 is 0 Å². The molecule has 1 aliphatic rings. The third kappa shape index (κ3) is 2.90. The summed E-state index contributed by atoms with van der Waals surface area (Å²) in [7, 11) is 1.70. The fourth-order valence-corrected chi connectivity index (χ4v) is 2.28. The summed E-state index contributed by atoms with van der Waals surface area (Å²) in [6.45, 7) is 3.07. The summed E-state index contributed by atoms with van der Waals surface area (Å²) >= 11 is 0. The van der Waals surface area contributed by atoms with E-state index in [-0.39, 0.29) is 6.61 Å². The third-order valence-electron chi connectivity index (χ3n) is 3.16. The minimum Gasteiger partial charge on any atom is -0.495 e. The molecule has 1 fully saturated rings. The molecular weight excluding hydrogens is 216 g/mol. The van der Waals surface area contributed by atoms with Gasteiger partial charge in [0.2, 0.25) is 0 Å². The van der Waals surface area contributed by atoms with Crippen molar-refractivity contribution in [3.63, 3.8) is 0 Å². The van der Waals surface area contributed by atoms with Crippen molar-refractivity contribution in [3.8, 4) is 5.75 Å². The van der Waals surface area contributed by atoms with Crippen LogP contribution in [-0.4, -0.2) is 44.5 Å². The lowest BCUT2D eigenvalue weighted by Gasteiger charge is -2.35. The Morgan fingerprint density at radius 2 is 2.29 bits per heavy atom. The first-order valence-corrected chi connectivity index (χ1v) is 6.07. The molecule has 0 radical (unpaired) electrons. The Balaban J connectivity index is 2.10. The molecule has 0 bridgehead atoms. The highest BCUT2D eigenvalue weighted by Crippen LogP contribution is 2.28. The van der Waals surface area contributed by atoms with Crippen LogP contribution in [-0.2, 0) is 0 Å². The van der Waals surface area contributed by atoms with E-state index in [1.54, 1.807) is 7.11 Å². The SMILES string of the molecule is COc1ccccc1N1CCNC(CCO)C1. The maximum absolute atomic E-state index is 8.99. The standard InChI is InChI=1S/C13H20N2O2/c1-17-13-5-3-2-4-12(13)15-8-7-14-11(10-15)6-9-16/h2-5,11,14,16H,6-10H2,1H3. The number of anilines is 1. The van der Waals surface area contributed by atoms with Crippen LogP contribution in [0, 0.1) is 0 Å². The predicted molar refractivity (Wildman–Crippen MR) is 68.7 cm³/mol. The maximum atomic E-state index is 8.99. The number of hydrogen-bond acceptors (Lipinski definition) is 4. The van der Waals surface area contributed by atoms with Gasteiger partial charge in [-0.25, -0.2) is 0 Å². The third-order valence-corrected chi connectivity index (χ3v) is 3.16. The van der Waals surface area contributed by atoms with Gasteiger partial charge in [-0.3, -0.25) is 0 Å². The number of piperazine rings is 1. The van der Waals surface area contributed by atoms with E-state index in [0.29, 0.717) is 6.04 Å². The lowest BCUT2D eigenvalue weighted by molar-refractivity contribution is 0.260. The second-order valence-electron chi connectivity index (χ2n) is 4.28. The topological polar surface area (TPSA) is 44.7 Å². The van der Waals surface area contributed by atoms with Gasteiger partial charge in [0.1, 0.15) is 5.75 Å². The second kappa shape index (κ2) is 5.89. The Morgan fingerprint density at radius 1 is 1.47 bits per heavy atom. The Kier molecular flexibility index (Phi) is 4.23. The van der Waals surface area contributed by atoms with E-state index in [0.717, 1.165) is 37.5 Å². The molecule has 94 valence electrons. The highest BCUT2D eigenvalue weighted by Gasteiger charge is 2.20. The molecule has 0 aliphatic carbocycles. The molecule has 1 saturated heterocycles. The van der Waals surface area contributed by atoms with Gasteiger partial charge in [0, 0.05) is 32.3 Å². The fraction of sp³-hybridized carbons (Fsp3) is 0.538. The number of aliphatic hydroxyl groups is 1. The number of methoxy groups -OCH3 is 1. The lowest BCUT2D eigenvalue weighted by atomic mass is 10.1. The number of nitrogens with zero attached hydrogens (tertiary/aromatic N) is 1. The number of para-hydroxylation sites is 2. The number of rotatable bonds is 4. The second-order valence-corrected chi connectivity index (χ2v) is 4.28. The van der Waals surface area contributed by atoms with Crippen molar-refractivity contribution < 1.29 is 9.84 Å².